The number of ether oxygens (including phenoxy) is 2. The van der Waals surface area contributed by atoms with E-state index in [4.69, 9.17) is 9.47 Å². The van der Waals surface area contributed by atoms with Gasteiger partial charge in [-0.25, -0.2) is 0 Å². The van der Waals surface area contributed by atoms with Gasteiger partial charge in [-0.1, -0.05) is 42.5 Å². The molecule has 0 saturated carbocycles. The Hall–Kier alpha value is -3.38. The number of amides is 1. The average Bonchev–Trinajstić information content (AvgIpc) is 2.83. The van der Waals surface area contributed by atoms with Crippen LogP contribution in [0, 0.1) is 0 Å². The fraction of sp³-hybridized carbons (Fsp3) is 0.308. The van der Waals surface area contributed by atoms with Gasteiger partial charge < -0.3 is 14.4 Å². The van der Waals surface area contributed by atoms with E-state index < -0.39 is 0 Å². The van der Waals surface area contributed by atoms with Gasteiger partial charge in [-0.15, -0.1) is 0 Å². The van der Waals surface area contributed by atoms with Gasteiger partial charge in [0.2, 0.25) is 0 Å². The summed E-state index contributed by atoms with van der Waals surface area (Å²) in [6.45, 7) is 5.31. The molecule has 6 nitrogen and oxygen atoms in total. The molecule has 0 N–H and O–H groups in total. The second-order valence-electron chi connectivity index (χ2n) is 8.01. The summed E-state index contributed by atoms with van der Waals surface area (Å²) in [6.07, 6.45) is 0. The van der Waals surface area contributed by atoms with Crippen LogP contribution in [0.15, 0.2) is 60.7 Å². The summed E-state index contributed by atoms with van der Waals surface area (Å²) in [6, 6.07) is 19.8. The van der Waals surface area contributed by atoms with Gasteiger partial charge >= 0.3 is 0 Å². The largest absolute Gasteiger partial charge is 0.493 e. The van der Waals surface area contributed by atoms with Gasteiger partial charge in [0.05, 0.1) is 7.11 Å². The van der Waals surface area contributed by atoms with E-state index in [2.05, 4.69) is 47.4 Å². The highest BCUT2D eigenvalue weighted by Crippen LogP contribution is 2.28. The molecule has 1 saturated heterocycles. The molecule has 32 heavy (non-hydrogen) atoms. The Morgan fingerprint density at radius 3 is 2.41 bits per heavy atom. The zero-order chi connectivity index (χ0) is 22.5. The smallest absolute Gasteiger partial charge is 0.260 e. The number of hydrogen-bond donors (Lipinski definition) is 0. The van der Waals surface area contributed by atoms with Gasteiger partial charge in [0, 0.05) is 38.3 Å². The molecular formula is C26H28N2O4. The predicted molar refractivity (Wildman–Crippen MR) is 124 cm³/mol. The SMILES string of the molecule is COc1cc(C(C)=O)ccc1OCC(=O)N1CCN(Cc2cccc3ccccc23)CC1. The van der Waals surface area contributed by atoms with Crippen LogP contribution >= 0.6 is 0 Å². The van der Waals surface area contributed by atoms with Crippen molar-refractivity contribution in [2.45, 2.75) is 13.5 Å². The maximum atomic E-state index is 12.7. The minimum atomic E-state index is -0.0564. The zero-order valence-corrected chi connectivity index (χ0v) is 18.5. The molecule has 166 valence electrons. The van der Waals surface area contributed by atoms with Crippen molar-refractivity contribution in [3.05, 3.63) is 71.8 Å². The summed E-state index contributed by atoms with van der Waals surface area (Å²) >= 11 is 0. The molecule has 1 amide bonds. The predicted octanol–water partition coefficient (Wildman–Crippen LogP) is 3.77. The molecule has 0 spiro atoms. The second-order valence-corrected chi connectivity index (χ2v) is 8.01. The van der Waals surface area contributed by atoms with Crippen LogP contribution in [-0.4, -0.2) is 61.4 Å². The lowest BCUT2D eigenvalue weighted by atomic mass is 10.0. The van der Waals surface area contributed by atoms with Crippen LogP contribution in [0.1, 0.15) is 22.8 Å². The van der Waals surface area contributed by atoms with Crippen molar-refractivity contribution in [3.8, 4) is 11.5 Å². The first-order chi connectivity index (χ1) is 15.5. The molecular weight excluding hydrogens is 404 g/mol. The van der Waals surface area contributed by atoms with Crippen LogP contribution in [0.5, 0.6) is 11.5 Å². The van der Waals surface area contributed by atoms with E-state index in [0.717, 1.165) is 19.6 Å². The van der Waals surface area contributed by atoms with Gasteiger partial charge in [-0.2, -0.15) is 0 Å². The number of methoxy groups -OCH3 is 1. The fourth-order valence-electron chi connectivity index (χ4n) is 4.06. The van der Waals surface area contributed by atoms with Crippen molar-refractivity contribution in [1.82, 2.24) is 9.80 Å². The van der Waals surface area contributed by atoms with Crippen LogP contribution in [0.4, 0.5) is 0 Å². The molecule has 1 aliphatic rings. The van der Waals surface area contributed by atoms with E-state index in [-0.39, 0.29) is 18.3 Å². The normalized spacial score (nSPS) is 14.4. The second kappa shape index (κ2) is 9.83. The lowest BCUT2D eigenvalue weighted by Crippen LogP contribution is -2.49. The van der Waals surface area contributed by atoms with Gasteiger partial charge in [-0.05, 0) is 41.5 Å². The topological polar surface area (TPSA) is 59.1 Å². The van der Waals surface area contributed by atoms with Gasteiger partial charge in [0.25, 0.3) is 5.91 Å². The number of ketones is 1. The van der Waals surface area contributed by atoms with Crippen molar-refractivity contribution in [2.75, 3.05) is 39.9 Å². The number of Topliss-reactive ketones (excluding diaryl/α,β-unsaturated/α-hetero) is 1. The Labute approximate surface area is 188 Å². The highest BCUT2D eigenvalue weighted by atomic mass is 16.5. The molecule has 0 aromatic heterocycles. The van der Waals surface area contributed by atoms with Gasteiger partial charge in [0.1, 0.15) is 0 Å². The summed E-state index contributed by atoms with van der Waals surface area (Å²) < 4.78 is 11.0. The molecule has 0 aliphatic carbocycles. The first-order valence-corrected chi connectivity index (χ1v) is 10.8. The number of carbonyl (C=O) groups is 2. The maximum Gasteiger partial charge on any atom is 0.260 e. The fourth-order valence-corrected chi connectivity index (χ4v) is 4.06. The van der Waals surface area contributed by atoms with E-state index in [9.17, 15) is 9.59 Å². The van der Waals surface area contributed by atoms with Crippen LogP contribution in [-0.2, 0) is 11.3 Å². The molecule has 0 bridgehead atoms. The Morgan fingerprint density at radius 2 is 1.66 bits per heavy atom. The average molecular weight is 433 g/mol. The Kier molecular flexibility index (Phi) is 6.71. The van der Waals surface area contributed by atoms with Crippen molar-refractivity contribution < 1.29 is 19.1 Å². The van der Waals surface area contributed by atoms with E-state index in [0.29, 0.717) is 30.2 Å². The molecule has 0 unspecified atom stereocenters. The number of rotatable bonds is 7. The summed E-state index contributed by atoms with van der Waals surface area (Å²) in [7, 11) is 1.52. The third-order valence-electron chi connectivity index (χ3n) is 5.92. The molecule has 3 aromatic carbocycles. The number of piperazine rings is 1. The van der Waals surface area contributed by atoms with E-state index in [1.54, 1.807) is 18.2 Å². The minimum absolute atomic E-state index is 0.0486. The Bertz CT molecular complexity index is 1110. The summed E-state index contributed by atoms with van der Waals surface area (Å²) in [5.74, 6) is 0.811. The summed E-state index contributed by atoms with van der Waals surface area (Å²) in [5, 5.41) is 2.54. The van der Waals surface area contributed by atoms with Crippen molar-refractivity contribution in [1.29, 1.82) is 0 Å². The molecule has 0 radical (unpaired) electrons. The van der Waals surface area contributed by atoms with E-state index in [1.807, 2.05) is 4.90 Å². The van der Waals surface area contributed by atoms with Gasteiger partial charge in [0.15, 0.2) is 23.9 Å². The monoisotopic (exact) mass is 432 g/mol. The quantitative estimate of drug-likeness (QED) is 0.532. The molecule has 4 rings (SSSR count). The first kappa shape index (κ1) is 21.8. The van der Waals surface area contributed by atoms with Crippen LogP contribution < -0.4 is 9.47 Å². The van der Waals surface area contributed by atoms with E-state index >= 15 is 0 Å². The maximum absolute atomic E-state index is 12.7. The number of hydrogen-bond acceptors (Lipinski definition) is 5. The molecule has 1 heterocycles. The molecule has 1 fully saturated rings. The van der Waals surface area contributed by atoms with Crippen molar-refractivity contribution in [3.63, 3.8) is 0 Å². The van der Waals surface area contributed by atoms with Crippen LogP contribution in [0.3, 0.4) is 0 Å². The number of carbonyl (C=O) groups excluding carboxylic acids is 2. The third kappa shape index (κ3) is 4.92. The van der Waals surface area contributed by atoms with Gasteiger partial charge in [-0.3, -0.25) is 14.5 Å². The summed E-state index contributed by atoms with van der Waals surface area (Å²) in [5.41, 5.74) is 1.86. The third-order valence-corrected chi connectivity index (χ3v) is 5.92. The van der Waals surface area contributed by atoms with Crippen LogP contribution in [0.25, 0.3) is 10.8 Å². The Morgan fingerprint density at radius 1 is 0.906 bits per heavy atom. The molecule has 0 atom stereocenters. The lowest BCUT2D eigenvalue weighted by molar-refractivity contribution is -0.135. The molecule has 6 heteroatoms. The standard InChI is InChI=1S/C26H28N2O4/c1-19(29)21-10-11-24(25(16-21)31-2)32-18-26(30)28-14-12-27(13-15-28)17-22-8-5-7-20-6-3-4-9-23(20)22/h3-11,16H,12-15,17-18H2,1-2H3. The number of nitrogens with zero attached hydrogens (tertiary/aromatic N) is 2. The van der Waals surface area contributed by atoms with Crippen molar-refractivity contribution in [2.24, 2.45) is 0 Å². The zero-order valence-electron chi connectivity index (χ0n) is 18.5. The molecule has 1 aliphatic heterocycles. The lowest BCUT2D eigenvalue weighted by Gasteiger charge is -2.35. The Balaban J connectivity index is 1.31. The minimum Gasteiger partial charge on any atom is -0.493 e. The molecule has 3 aromatic rings. The first-order valence-electron chi connectivity index (χ1n) is 10.8. The van der Waals surface area contributed by atoms with E-state index in [1.165, 1.54) is 30.4 Å². The van der Waals surface area contributed by atoms with Crippen LogP contribution in [0.2, 0.25) is 0 Å². The van der Waals surface area contributed by atoms with Crippen molar-refractivity contribution >= 4 is 22.5 Å². The number of fused-ring (bicyclic) bond motifs is 1. The summed E-state index contributed by atoms with van der Waals surface area (Å²) in [4.78, 5) is 28.4. The highest BCUT2D eigenvalue weighted by Gasteiger charge is 2.22. The number of benzene rings is 3. The highest BCUT2D eigenvalue weighted by molar-refractivity contribution is 5.94.